The van der Waals surface area contributed by atoms with Gasteiger partial charge in [-0.15, -0.1) is 0 Å². The lowest BCUT2D eigenvalue weighted by Gasteiger charge is -2.59. The van der Waals surface area contributed by atoms with Crippen molar-refractivity contribution in [1.82, 2.24) is 5.32 Å². The second-order valence-corrected chi connectivity index (χ2v) is 9.06. The molecule has 4 saturated carbocycles. The van der Waals surface area contributed by atoms with Gasteiger partial charge < -0.3 is 10.6 Å². The normalized spacial score (nSPS) is 32.0. The Labute approximate surface area is 160 Å². The van der Waals surface area contributed by atoms with Crippen molar-refractivity contribution in [3.63, 3.8) is 0 Å². The van der Waals surface area contributed by atoms with Crippen molar-refractivity contribution in [2.24, 2.45) is 23.2 Å². The number of anilines is 1. The summed E-state index contributed by atoms with van der Waals surface area (Å²) in [5.41, 5.74) is 1.27. The van der Waals surface area contributed by atoms with Crippen LogP contribution in [0.1, 0.15) is 62.7 Å². The van der Waals surface area contributed by atoms with E-state index in [1.807, 2.05) is 0 Å². The number of rotatable bonds is 4. The fourth-order valence-electron chi connectivity index (χ4n) is 6.10. The number of benzene rings is 1. The largest absolute Gasteiger partial charge is 0.345 e. The van der Waals surface area contributed by atoms with E-state index in [0.29, 0.717) is 11.3 Å². The van der Waals surface area contributed by atoms with E-state index in [-0.39, 0.29) is 17.2 Å². The fraction of sp³-hybridized carbons (Fsp3) is 0.591. The Morgan fingerprint density at radius 1 is 0.926 bits per heavy atom. The average molecular weight is 368 g/mol. The van der Waals surface area contributed by atoms with E-state index in [1.54, 1.807) is 24.3 Å². The lowest BCUT2D eigenvalue weighted by atomic mass is 9.48. The van der Waals surface area contributed by atoms with E-state index in [4.69, 9.17) is 0 Å². The van der Waals surface area contributed by atoms with Gasteiger partial charge in [0.2, 0.25) is 0 Å². The van der Waals surface area contributed by atoms with Crippen LogP contribution in [-0.4, -0.2) is 23.6 Å². The molecule has 2 N–H and O–H groups in total. The molecule has 144 valence electrons. The maximum absolute atomic E-state index is 12.4. The number of ketones is 1. The highest BCUT2D eigenvalue weighted by Gasteiger charge is 2.53. The summed E-state index contributed by atoms with van der Waals surface area (Å²) in [6.45, 7) is 3.56. The van der Waals surface area contributed by atoms with Crippen LogP contribution in [0.3, 0.4) is 0 Å². The summed E-state index contributed by atoms with van der Waals surface area (Å²) < 4.78 is 0. The smallest absolute Gasteiger partial charge is 0.313 e. The Morgan fingerprint density at radius 3 is 1.93 bits per heavy atom. The Hall–Kier alpha value is -2.17. The number of Topliss-reactive ketones (excluding diaryl/α,β-unsaturated/α-hetero) is 1. The molecule has 4 fully saturated rings. The SMILES string of the molecule is CC(=O)c1ccc(NC(=O)C(=O)NC(C)C23CC4CC(CC(C4)C2)C3)cc1. The monoisotopic (exact) mass is 368 g/mol. The molecular formula is C22H28N2O3. The van der Waals surface area contributed by atoms with Gasteiger partial charge in [0, 0.05) is 17.3 Å². The fourth-order valence-corrected chi connectivity index (χ4v) is 6.10. The minimum atomic E-state index is -0.651. The van der Waals surface area contributed by atoms with Gasteiger partial charge in [-0.3, -0.25) is 14.4 Å². The van der Waals surface area contributed by atoms with Gasteiger partial charge in [-0.1, -0.05) is 0 Å². The highest BCUT2D eigenvalue weighted by molar-refractivity contribution is 6.39. The zero-order chi connectivity index (χ0) is 19.2. The highest BCUT2D eigenvalue weighted by Crippen LogP contribution is 2.61. The zero-order valence-electron chi connectivity index (χ0n) is 16.1. The van der Waals surface area contributed by atoms with Crippen molar-refractivity contribution in [3.05, 3.63) is 29.8 Å². The molecule has 0 spiro atoms. The van der Waals surface area contributed by atoms with Crippen LogP contribution in [-0.2, 0) is 9.59 Å². The molecule has 5 nitrogen and oxygen atoms in total. The summed E-state index contributed by atoms with van der Waals surface area (Å²) in [6.07, 6.45) is 7.64. The summed E-state index contributed by atoms with van der Waals surface area (Å²) in [7, 11) is 0. The standard InChI is InChI=1S/C22H28N2O3/c1-13(25)18-3-5-19(6-4-18)24-21(27)20(26)23-14(2)22-10-15-7-16(11-22)9-17(8-15)12-22/h3-6,14-17H,7-12H2,1-2H3,(H,23,26)(H,24,27). The molecule has 5 rings (SSSR count). The molecule has 0 radical (unpaired) electrons. The van der Waals surface area contributed by atoms with Crippen LogP contribution in [0.15, 0.2) is 24.3 Å². The summed E-state index contributed by atoms with van der Waals surface area (Å²) in [5.74, 6) is 1.17. The Bertz CT molecular complexity index is 733. The van der Waals surface area contributed by atoms with Gasteiger partial charge in [-0.05, 0) is 99.8 Å². The quantitative estimate of drug-likeness (QED) is 0.630. The summed E-state index contributed by atoms with van der Waals surface area (Å²) in [6, 6.07) is 6.60. The second-order valence-electron chi connectivity index (χ2n) is 9.06. The van der Waals surface area contributed by atoms with Gasteiger partial charge in [0.05, 0.1) is 0 Å². The molecule has 1 aromatic carbocycles. The maximum Gasteiger partial charge on any atom is 0.313 e. The summed E-state index contributed by atoms with van der Waals surface area (Å²) in [4.78, 5) is 36.1. The molecule has 4 aliphatic carbocycles. The number of carbonyl (C=O) groups excluding carboxylic acids is 3. The van der Waals surface area contributed by atoms with Crippen molar-refractivity contribution in [2.75, 3.05) is 5.32 Å². The van der Waals surface area contributed by atoms with Crippen LogP contribution in [0.2, 0.25) is 0 Å². The first-order valence-electron chi connectivity index (χ1n) is 10.1. The van der Waals surface area contributed by atoms with Crippen LogP contribution in [0, 0.1) is 23.2 Å². The van der Waals surface area contributed by atoms with Crippen LogP contribution >= 0.6 is 0 Å². The molecule has 1 atom stereocenters. The van der Waals surface area contributed by atoms with Crippen molar-refractivity contribution >= 4 is 23.3 Å². The van der Waals surface area contributed by atoms with Gasteiger partial charge in [-0.2, -0.15) is 0 Å². The lowest BCUT2D eigenvalue weighted by Crippen LogP contribution is -2.57. The Kier molecular flexibility index (Phi) is 4.57. The topological polar surface area (TPSA) is 75.3 Å². The highest BCUT2D eigenvalue weighted by atomic mass is 16.2. The van der Waals surface area contributed by atoms with Gasteiger partial charge in [-0.25, -0.2) is 0 Å². The van der Waals surface area contributed by atoms with Crippen molar-refractivity contribution in [3.8, 4) is 0 Å². The number of carbonyl (C=O) groups is 3. The molecule has 4 aliphatic rings. The number of amides is 2. The van der Waals surface area contributed by atoms with Crippen LogP contribution in [0.5, 0.6) is 0 Å². The van der Waals surface area contributed by atoms with Gasteiger partial charge in [0.1, 0.15) is 0 Å². The molecule has 1 aromatic rings. The third kappa shape index (κ3) is 3.52. The van der Waals surface area contributed by atoms with Crippen molar-refractivity contribution < 1.29 is 14.4 Å². The molecule has 0 aliphatic heterocycles. The first-order valence-corrected chi connectivity index (χ1v) is 10.1. The molecule has 1 unspecified atom stereocenters. The second kappa shape index (κ2) is 6.77. The minimum Gasteiger partial charge on any atom is -0.345 e. The number of hydrogen-bond donors (Lipinski definition) is 2. The first kappa shape index (κ1) is 18.2. The van der Waals surface area contributed by atoms with E-state index >= 15 is 0 Å². The third-order valence-corrected chi connectivity index (χ3v) is 7.11. The van der Waals surface area contributed by atoms with Crippen molar-refractivity contribution in [2.45, 2.75) is 58.4 Å². The van der Waals surface area contributed by atoms with Crippen molar-refractivity contribution in [1.29, 1.82) is 0 Å². The third-order valence-electron chi connectivity index (χ3n) is 7.11. The lowest BCUT2D eigenvalue weighted by molar-refractivity contribution is -0.138. The van der Waals surface area contributed by atoms with E-state index < -0.39 is 11.8 Å². The van der Waals surface area contributed by atoms with Gasteiger partial charge >= 0.3 is 11.8 Å². The first-order chi connectivity index (χ1) is 12.8. The number of hydrogen-bond acceptors (Lipinski definition) is 3. The zero-order valence-corrected chi connectivity index (χ0v) is 16.1. The Balaban J connectivity index is 1.37. The molecule has 0 heterocycles. The van der Waals surface area contributed by atoms with E-state index in [9.17, 15) is 14.4 Å². The maximum atomic E-state index is 12.4. The van der Waals surface area contributed by atoms with Crippen LogP contribution < -0.4 is 10.6 Å². The Morgan fingerprint density at radius 2 is 1.44 bits per heavy atom. The van der Waals surface area contributed by atoms with Crippen LogP contribution in [0.25, 0.3) is 0 Å². The molecule has 27 heavy (non-hydrogen) atoms. The van der Waals surface area contributed by atoms with Crippen LogP contribution in [0.4, 0.5) is 5.69 Å². The number of nitrogens with one attached hydrogen (secondary N) is 2. The average Bonchev–Trinajstić information content (AvgIpc) is 2.60. The molecular weight excluding hydrogens is 340 g/mol. The summed E-state index contributed by atoms with van der Waals surface area (Å²) in [5, 5.41) is 5.61. The van der Waals surface area contributed by atoms with E-state index in [1.165, 1.54) is 45.4 Å². The summed E-state index contributed by atoms with van der Waals surface area (Å²) >= 11 is 0. The minimum absolute atomic E-state index is 0.0178. The van der Waals surface area contributed by atoms with E-state index in [0.717, 1.165) is 17.8 Å². The van der Waals surface area contributed by atoms with Gasteiger partial charge in [0.25, 0.3) is 0 Å². The predicted octanol–water partition coefficient (Wildman–Crippen LogP) is 3.55. The molecule has 0 aromatic heterocycles. The molecule has 5 heteroatoms. The van der Waals surface area contributed by atoms with Gasteiger partial charge in [0.15, 0.2) is 5.78 Å². The molecule has 2 amide bonds. The molecule has 0 saturated heterocycles. The van der Waals surface area contributed by atoms with E-state index in [2.05, 4.69) is 17.6 Å². The molecule has 4 bridgehead atoms. The predicted molar refractivity (Wildman–Crippen MR) is 103 cm³/mol.